The second-order valence-corrected chi connectivity index (χ2v) is 7.46. The van der Waals surface area contributed by atoms with E-state index in [9.17, 15) is 4.79 Å². The summed E-state index contributed by atoms with van der Waals surface area (Å²) in [4.78, 5) is 12.1. The zero-order valence-corrected chi connectivity index (χ0v) is 16.0. The van der Waals surface area contributed by atoms with Crippen LogP contribution in [0, 0.1) is 5.92 Å². The van der Waals surface area contributed by atoms with E-state index in [1.54, 1.807) is 0 Å². The number of benzene rings is 2. The second kappa shape index (κ2) is 10.0. The van der Waals surface area contributed by atoms with Gasteiger partial charge in [-0.25, -0.2) is 0 Å². The highest BCUT2D eigenvalue weighted by Gasteiger charge is 2.13. The lowest BCUT2D eigenvalue weighted by Crippen LogP contribution is -2.12. The van der Waals surface area contributed by atoms with Crippen molar-refractivity contribution in [2.75, 3.05) is 17.7 Å². The fourth-order valence-corrected chi connectivity index (χ4v) is 3.62. The van der Waals surface area contributed by atoms with Crippen LogP contribution in [0.4, 0.5) is 11.4 Å². The molecule has 144 valence electrons. The Morgan fingerprint density at radius 3 is 2.41 bits per heavy atom. The van der Waals surface area contributed by atoms with Gasteiger partial charge in [-0.05, 0) is 60.7 Å². The van der Waals surface area contributed by atoms with Gasteiger partial charge < -0.3 is 15.8 Å². The molecule has 0 aromatic heterocycles. The molecule has 2 aromatic rings. The third-order valence-electron chi connectivity index (χ3n) is 5.28. The second-order valence-electron chi connectivity index (χ2n) is 7.46. The molecule has 27 heavy (non-hydrogen) atoms. The van der Waals surface area contributed by atoms with E-state index in [2.05, 4.69) is 5.32 Å². The zero-order chi connectivity index (χ0) is 18.9. The number of aryl methyl sites for hydroxylation is 1. The van der Waals surface area contributed by atoms with Crippen LogP contribution >= 0.6 is 0 Å². The van der Waals surface area contributed by atoms with Crippen molar-refractivity contribution in [3.63, 3.8) is 0 Å². The zero-order valence-electron chi connectivity index (χ0n) is 16.0. The van der Waals surface area contributed by atoms with E-state index in [0.717, 1.165) is 41.6 Å². The lowest BCUT2D eigenvalue weighted by atomic mass is 9.87. The first-order valence-electron chi connectivity index (χ1n) is 10.1. The summed E-state index contributed by atoms with van der Waals surface area (Å²) in [5.41, 5.74) is 8.33. The Labute approximate surface area is 162 Å². The molecule has 1 amide bonds. The Balaban J connectivity index is 1.37. The van der Waals surface area contributed by atoms with Gasteiger partial charge in [-0.3, -0.25) is 4.79 Å². The smallest absolute Gasteiger partial charge is 0.224 e. The minimum Gasteiger partial charge on any atom is -0.494 e. The third-order valence-corrected chi connectivity index (χ3v) is 5.28. The predicted octanol–water partition coefficient (Wildman–Crippen LogP) is 5.19. The number of hydrogen-bond acceptors (Lipinski definition) is 3. The molecule has 1 aliphatic rings. The molecular weight excluding hydrogens is 336 g/mol. The van der Waals surface area contributed by atoms with Gasteiger partial charge in [0, 0.05) is 17.8 Å². The average Bonchev–Trinajstić information content (AvgIpc) is 2.70. The van der Waals surface area contributed by atoms with Crippen LogP contribution in [-0.2, 0) is 11.2 Å². The average molecular weight is 367 g/mol. The first kappa shape index (κ1) is 19.3. The van der Waals surface area contributed by atoms with Gasteiger partial charge in [-0.2, -0.15) is 0 Å². The lowest BCUT2D eigenvalue weighted by Gasteiger charge is -2.21. The maximum absolute atomic E-state index is 12.1. The molecule has 1 aliphatic carbocycles. The van der Waals surface area contributed by atoms with Gasteiger partial charge in [-0.1, -0.05) is 44.2 Å². The summed E-state index contributed by atoms with van der Waals surface area (Å²) in [5.74, 6) is 1.71. The Bertz CT molecular complexity index is 704. The van der Waals surface area contributed by atoms with Crippen molar-refractivity contribution in [3.8, 4) is 5.75 Å². The van der Waals surface area contributed by atoms with Crippen LogP contribution in [0.3, 0.4) is 0 Å². The van der Waals surface area contributed by atoms with Crippen LogP contribution in [-0.4, -0.2) is 12.5 Å². The first-order valence-corrected chi connectivity index (χ1v) is 10.1. The highest BCUT2D eigenvalue weighted by molar-refractivity contribution is 5.90. The molecule has 1 saturated carbocycles. The number of amides is 1. The summed E-state index contributed by atoms with van der Waals surface area (Å²) in [5, 5.41) is 2.94. The van der Waals surface area contributed by atoms with Crippen molar-refractivity contribution in [2.24, 2.45) is 5.92 Å². The normalized spacial score (nSPS) is 14.7. The summed E-state index contributed by atoms with van der Waals surface area (Å²) in [6.45, 7) is 0.776. The van der Waals surface area contributed by atoms with E-state index < -0.39 is 0 Å². The fourth-order valence-electron chi connectivity index (χ4n) is 3.62. The Hall–Kier alpha value is -2.49. The number of carbonyl (C=O) groups is 1. The number of nitrogens with one attached hydrogen (secondary N) is 1. The molecule has 0 spiro atoms. The number of carbonyl (C=O) groups excluding carboxylic acids is 1. The number of hydrogen-bond donors (Lipinski definition) is 2. The van der Waals surface area contributed by atoms with Gasteiger partial charge >= 0.3 is 0 Å². The fraction of sp³-hybridized carbons (Fsp3) is 0.435. The molecule has 0 heterocycles. The summed E-state index contributed by atoms with van der Waals surface area (Å²) in [6.07, 6.45) is 9.14. The Morgan fingerprint density at radius 1 is 1.00 bits per heavy atom. The molecule has 0 saturated heterocycles. The number of anilines is 2. The van der Waals surface area contributed by atoms with Gasteiger partial charge in [0.25, 0.3) is 0 Å². The van der Waals surface area contributed by atoms with E-state index >= 15 is 0 Å². The minimum absolute atomic E-state index is 0.0118. The van der Waals surface area contributed by atoms with Crippen LogP contribution in [0.2, 0.25) is 0 Å². The van der Waals surface area contributed by atoms with Crippen LogP contribution in [0.15, 0.2) is 48.5 Å². The number of nitrogens with two attached hydrogens (primary N) is 1. The van der Waals surface area contributed by atoms with E-state index in [-0.39, 0.29) is 5.91 Å². The molecule has 3 N–H and O–H groups in total. The molecule has 2 aromatic carbocycles. The summed E-state index contributed by atoms with van der Waals surface area (Å²) in [7, 11) is 0. The quantitative estimate of drug-likeness (QED) is 0.632. The van der Waals surface area contributed by atoms with Crippen LogP contribution in [0.1, 0.15) is 50.5 Å². The molecule has 0 unspecified atom stereocenters. The van der Waals surface area contributed by atoms with Gasteiger partial charge in [0.15, 0.2) is 0 Å². The summed E-state index contributed by atoms with van der Waals surface area (Å²) in [6, 6.07) is 15.3. The van der Waals surface area contributed by atoms with Gasteiger partial charge in [0.1, 0.15) is 5.75 Å². The van der Waals surface area contributed by atoms with Crippen molar-refractivity contribution < 1.29 is 9.53 Å². The minimum atomic E-state index is 0.0118. The predicted molar refractivity (Wildman–Crippen MR) is 111 cm³/mol. The third kappa shape index (κ3) is 6.63. The highest BCUT2D eigenvalue weighted by atomic mass is 16.5. The standard InChI is InChI=1S/C23H30N2O2/c24-20-9-6-19(7-10-20)8-15-23(26)25-21-11-13-22(14-12-21)27-17-16-18-4-2-1-3-5-18/h6-7,9-14,18H,1-5,8,15-17,24H2,(H,25,26). The van der Waals surface area contributed by atoms with E-state index in [0.29, 0.717) is 12.8 Å². The lowest BCUT2D eigenvalue weighted by molar-refractivity contribution is -0.116. The molecule has 0 bridgehead atoms. The Morgan fingerprint density at radius 2 is 1.70 bits per heavy atom. The Kier molecular flexibility index (Phi) is 7.14. The maximum Gasteiger partial charge on any atom is 0.224 e. The molecule has 1 fully saturated rings. The van der Waals surface area contributed by atoms with Crippen LogP contribution in [0.5, 0.6) is 5.75 Å². The van der Waals surface area contributed by atoms with Crippen molar-refractivity contribution in [1.29, 1.82) is 0 Å². The number of ether oxygens (including phenoxy) is 1. The van der Waals surface area contributed by atoms with Gasteiger partial charge in [0.2, 0.25) is 5.91 Å². The molecule has 0 aliphatic heterocycles. The van der Waals surface area contributed by atoms with Gasteiger partial charge in [0.05, 0.1) is 6.61 Å². The molecular formula is C23H30N2O2. The largest absolute Gasteiger partial charge is 0.494 e. The van der Waals surface area contributed by atoms with Crippen LogP contribution < -0.4 is 15.8 Å². The van der Waals surface area contributed by atoms with Crippen molar-refractivity contribution in [2.45, 2.75) is 51.4 Å². The monoisotopic (exact) mass is 366 g/mol. The first-order chi connectivity index (χ1) is 13.2. The molecule has 4 heteroatoms. The highest BCUT2D eigenvalue weighted by Crippen LogP contribution is 2.26. The van der Waals surface area contributed by atoms with Crippen LogP contribution in [0.25, 0.3) is 0 Å². The number of nitrogen functional groups attached to an aromatic ring is 1. The maximum atomic E-state index is 12.1. The number of rotatable bonds is 8. The van der Waals surface area contributed by atoms with E-state index in [4.69, 9.17) is 10.5 Å². The van der Waals surface area contributed by atoms with Crippen molar-refractivity contribution in [3.05, 3.63) is 54.1 Å². The summed E-state index contributed by atoms with van der Waals surface area (Å²) >= 11 is 0. The van der Waals surface area contributed by atoms with Gasteiger partial charge in [-0.15, -0.1) is 0 Å². The molecule has 3 rings (SSSR count). The molecule has 0 radical (unpaired) electrons. The van der Waals surface area contributed by atoms with Crippen molar-refractivity contribution in [1.82, 2.24) is 0 Å². The topological polar surface area (TPSA) is 64.4 Å². The SMILES string of the molecule is Nc1ccc(CCC(=O)Nc2ccc(OCCC3CCCCC3)cc2)cc1. The molecule has 0 atom stereocenters. The molecule has 4 nitrogen and oxygen atoms in total. The van der Waals surface area contributed by atoms with E-state index in [1.807, 2.05) is 48.5 Å². The van der Waals surface area contributed by atoms with Crippen molar-refractivity contribution >= 4 is 17.3 Å². The van der Waals surface area contributed by atoms with E-state index in [1.165, 1.54) is 32.1 Å². The summed E-state index contributed by atoms with van der Waals surface area (Å²) < 4.78 is 5.86.